The second-order valence-electron chi connectivity index (χ2n) is 27.7. The van der Waals surface area contributed by atoms with E-state index in [-0.39, 0.29) is 35.5 Å². The Morgan fingerprint density at radius 2 is 0.656 bits per heavy atom. The van der Waals surface area contributed by atoms with Crippen LogP contribution in [-0.4, -0.2) is 46.5 Å². The summed E-state index contributed by atoms with van der Waals surface area (Å²) in [6.45, 7) is 14.0. The average Bonchev–Trinajstić information content (AvgIpc) is 0.891. The second kappa shape index (κ2) is 38.3. The van der Waals surface area contributed by atoms with E-state index in [1.165, 1.54) is 222 Å². The molecule has 0 fully saturated rings. The van der Waals surface area contributed by atoms with Gasteiger partial charge >= 0.3 is 0 Å². The molecule has 0 saturated heterocycles. The molecule has 4 aromatic carbocycles. The number of benzene rings is 4. The van der Waals surface area contributed by atoms with Gasteiger partial charge in [0.15, 0.2) is 0 Å². The number of fused-ring (bicyclic) bond motifs is 1. The van der Waals surface area contributed by atoms with Gasteiger partial charge < -0.3 is 0 Å². The summed E-state index contributed by atoms with van der Waals surface area (Å²) in [5, 5.41) is 3.32. The number of hydrogen-bond acceptors (Lipinski definition) is 6. The summed E-state index contributed by atoms with van der Waals surface area (Å²) in [5.41, 5.74) is 5.46. The van der Waals surface area contributed by atoms with Gasteiger partial charge in [0.05, 0.1) is 11.1 Å². The number of amides is 4. The number of hydrogen-bond donors (Lipinski definition) is 0. The molecule has 8 rings (SSSR count). The lowest BCUT2D eigenvalue weighted by molar-refractivity contribution is 0.0557. The highest BCUT2D eigenvalue weighted by molar-refractivity contribution is 7.19. The third-order valence-electron chi connectivity index (χ3n) is 20.2. The molecule has 6 aromatic rings. The van der Waals surface area contributed by atoms with Crippen LogP contribution in [0.4, 0.5) is 0 Å². The minimum Gasteiger partial charge on any atom is -0.274 e. The lowest BCUT2D eigenvalue weighted by Gasteiger charge is -2.36. The van der Waals surface area contributed by atoms with Gasteiger partial charge in [-0.2, -0.15) is 0 Å². The molecule has 0 N–H and O–H groups in total. The van der Waals surface area contributed by atoms with Crippen LogP contribution in [0.3, 0.4) is 0 Å². The van der Waals surface area contributed by atoms with Crippen LogP contribution in [0.5, 0.6) is 0 Å². The highest BCUT2D eigenvalue weighted by Gasteiger charge is 2.44. The van der Waals surface area contributed by atoms with Gasteiger partial charge in [-0.3, -0.25) is 29.0 Å². The molecule has 90 heavy (non-hydrogen) atoms. The van der Waals surface area contributed by atoms with Crippen LogP contribution in [0.2, 0.25) is 0 Å². The zero-order chi connectivity index (χ0) is 63.5. The number of carbonyl (C=O) groups excluding carboxylic acids is 4. The number of unbranched alkanes of at least 4 members (excludes halogenated alkanes) is 32. The maximum atomic E-state index is 16.1. The van der Waals surface area contributed by atoms with Crippen molar-refractivity contribution in [3.63, 3.8) is 0 Å². The minimum atomic E-state index is -0.305. The lowest BCUT2D eigenvalue weighted by atomic mass is 9.80. The van der Waals surface area contributed by atoms with Crippen molar-refractivity contribution in [3.8, 4) is 31.3 Å². The molecule has 2 aliphatic rings. The van der Waals surface area contributed by atoms with E-state index in [0.29, 0.717) is 57.2 Å². The van der Waals surface area contributed by atoms with E-state index in [1.807, 2.05) is 12.1 Å². The molecule has 2 aliphatic heterocycles. The largest absolute Gasteiger partial charge is 0.274 e. The zero-order valence-electron chi connectivity index (χ0n) is 57.1. The van der Waals surface area contributed by atoms with E-state index in [0.717, 1.165) is 76.4 Å². The van der Waals surface area contributed by atoms with Crippen molar-refractivity contribution < 1.29 is 19.2 Å². The van der Waals surface area contributed by atoms with Gasteiger partial charge in [0.2, 0.25) is 0 Å². The SMILES string of the molecule is CCCCCCCCCCCCC(CCCCCCCCCC)CN1C(=O)c2cc(-c3ccc(-c4ccc5cc(C)ccc5c4)s3)c3c4c(cc(-c5ccc(C)s5)c(c24)C1=O)C(=O)N(CC(CCCCCCCCCC)CCCCCCCCCCCC)C3=O. The van der Waals surface area contributed by atoms with Crippen molar-refractivity contribution in [2.24, 2.45) is 11.8 Å². The van der Waals surface area contributed by atoms with Crippen LogP contribution in [-0.2, 0) is 0 Å². The van der Waals surface area contributed by atoms with Crippen LogP contribution >= 0.6 is 22.7 Å². The van der Waals surface area contributed by atoms with Crippen LogP contribution < -0.4 is 0 Å². The summed E-state index contributed by atoms with van der Waals surface area (Å²) in [5.74, 6) is -0.857. The molecule has 2 unspecified atom stereocenters. The fourth-order valence-electron chi connectivity index (χ4n) is 14.8. The molecule has 8 heteroatoms. The Kier molecular flexibility index (Phi) is 30.2. The monoisotopic (exact) mass is 1260 g/mol. The summed E-state index contributed by atoms with van der Waals surface area (Å²) in [6, 6.07) is 25.5. The van der Waals surface area contributed by atoms with Crippen LogP contribution in [0.15, 0.2) is 72.8 Å². The van der Waals surface area contributed by atoms with Gasteiger partial charge in [-0.1, -0.05) is 295 Å². The number of thiophene rings is 2. The van der Waals surface area contributed by atoms with Crippen molar-refractivity contribution in [1.29, 1.82) is 0 Å². The Morgan fingerprint density at radius 1 is 0.322 bits per heavy atom. The standard InChI is InChI=1S/C82H116N2O4S2/c1-7-11-15-19-23-27-29-33-37-41-45-63(43-39-35-31-25-21-17-13-9-3)59-83-80(86)71-58-69(74-54-53-72(90-74)67-51-50-65-55-61(5)47-49-66(65)56-67)78-76-70(57-68(73-52-48-62(6)89-73)77(75(71)76)81(83)87)79(85)84(82(78)88)60-64(44-40-36-32-26-22-18-14-10-4)46-42-38-34-30-28-24-20-16-12-8-2/h47-58,63-64H,7-46,59-60H2,1-6H3. The molecular weight excluding hydrogens is 1140 g/mol. The van der Waals surface area contributed by atoms with Crippen molar-refractivity contribution in [2.45, 2.75) is 298 Å². The Morgan fingerprint density at radius 3 is 1.03 bits per heavy atom. The maximum absolute atomic E-state index is 16.1. The molecule has 0 saturated carbocycles. The summed E-state index contributed by atoms with van der Waals surface area (Å²) in [7, 11) is 0. The summed E-state index contributed by atoms with van der Waals surface area (Å²) < 4.78 is 0. The predicted octanol–water partition coefficient (Wildman–Crippen LogP) is 25.8. The van der Waals surface area contributed by atoms with Crippen molar-refractivity contribution in [3.05, 3.63) is 105 Å². The Balaban J connectivity index is 1.15. The van der Waals surface area contributed by atoms with Crippen LogP contribution in [0.1, 0.15) is 336 Å². The van der Waals surface area contributed by atoms with Crippen LogP contribution in [0.25, 0.3) is 52.9 Å². The molecule has 490 valence electrons. The van der Waals surface area contributed by atoms with Gasteiger partial charge in [-0.25, -0.2) is 0 Å². The number of rotatable bonds is 47. The number of carbonyl (C=O) groups is 4. The summed E-state index contributed by atoms with van der Waals surface area (Å²) in [4.78, 5) is 70.8. The third kappa shape index (κ3) is 20.1. The van der Waals surface area contributed by atoms with Crippen molar-refractivity contribution >= 4 is 67.8 Å². The molecule has 0 bridgehead atoms. The number of nitrogens with zero attached hydrogens (tertiary/aromatic N) is 2. The predicted molar refractivity (Wildman–Crippen MR) is 388 cm³/mol. The average molecular weight is 1260 g/mol. The molecular formula is C82H116N2O4S2. The first kappa shape index (κ1) is 70.9. The second-order valence-corrected chi connectivity index (χ2v) is 30.1. The smallest absolute Gasteiger partial charge is 0.262 e. The van der Waals surface area contributed by atoms with Gasteiger partial charge in [-0.05, 0) is 110 Å². The molecule has 0 aliphatic carbocycles. The van der Waals surface area contributed by atoms with E-state index in [1.54, 1.807) is 32.5 Å². The first-order chi connectivity index (χ1) is 44.1. The first-order valence-corrected chi connectivity index (χ1v) is 38.8. The molecule has 2 aromatic heterocycles. The molecule has 0 radical (unpaired) electrons. The highest BCUT2D eigenvalue weighted by atomic mass is 32.1. The van der Waals surface area contributed by atoms with Gasteiger partial charge in [-0.15, -0.1) is 22.7 Å². The van der Waals surface area contributed by atoms with Crippen molar-refractivity contribution in [1.82, 2.24) is 9.80 Å². The fourth-order valence-corrected chi connectivity index (χ4v) is 16.7. The zero-order valence-corrected chi connectivity index (χ0v) is 58.8. The first-order valence-electron chi connectivity index (χ1n) is 37.1. The molecule has 2 atom stereocenters. The van der Waals surface area contributed by atoms with E-state index in [4.69, 9.17) is 0 Å². The summed E-state index contributed by atoms with van der Waals surface area (Å²) in [6.07, 6.45) is 49.1. The van der Waals surface area contributed by atoms with Crippen LogP contribution in [0, 0.1) is 25.7 Å². The molecule has 4 heterocycles. The quantitative estimate of drug-likeness (QED) is 0.0282. The van der Waals surface area contributed by atoms with E-state index < -0.39 is 0 Å². The topological polar surface area (TPSA) is 74.8 Å². The Hall–Kier alpha value is -4.92. The van der Waals surface area contributed by atoms with Crippen molar-refractivity contribution in [2.75, 3.05) is 13.1 Å². The normalized spacial score (nSPS) is 13.9. The minimum absolute atomic E-state index is 0.171. The highest BCUT2D eigenvalue weighted by Crippen LogP contribution is 2.49. The molecule has 4 amide bonds. The lowest BCUT2D eigenvalue weighted by Crippen LogP contribution is -2.46. The van der Waals surface area contributed by atoms with Gasteiger partial charge in [0.1, 0.15) is 0 Å². The van der Waals surface area contributed by atoms with E-state index >= 15 is 19.2 Å². The van der Waals surface area contributed by atoms with E-state index in [9.17, 15) is 0 Å². The third-order valence-corrected chi connectivity index (χ3v) is 22.4. The van der Waals surface area contributed by atoms with Gasteiger partial charge in [0, 0.05) is 65.6 Å². The summed E-state index contributed by atoms with van der Waals surface area (Å²) >= 11 is 3.25. The maximum Gasteiger partial charge on any atom is 0.262 e. The molecule has 0 spiro atoms. The number of imide groups is 2. The molecule has 6 nitrogen and oxygen atoms in total. The number of aryl methyl sites for hydroxylation is 2. The van der Waals surface area contributed by atoms with Gasteiger partial charge in [0.25, 0.3) is 23.6 Å². The Labute approximate surface area is 553 Å². The fraction of sp³-hybridized carbons (Fsp3) is 0.610. The Bertz CT molecular complexity index is 3200. The van der Waals surface area contributed by atoms with E-state index in [2.05, 4.69) is 102 Å².